The van der Waals surface area contributed by atoms with Gasteiger partial charge in [0.1, 0.15) is 11.6 Å². The van der Waals surface area contributed by atoms with E-state index in [1.807, 2.05) is 19.1 Å². The van der Waals surface area contributed by atoms with Crippen molar-refractivity contribution >= 4 is 23.4 Å². The lowest BCUT2D eigenvalue weighted by molar-refractivity contribution is -0.127. The van der Waals surface area contributed by atoms with Gasteiger partial charge in [0.2, 0.25) is 5.91 Å². The van der Waals surface area contributed by atoms with Crippen LogP contribution in [0.15, 0.2) is 42.5 Å². The molecular formula is C21H21ClF2N2O2. The van der Waals surface area contributed by atoms with E-state index >= 15 is 0 Å². The summed E-state index contributed by atoms with van der Waals surface area (Å²) in [5, 5.41) is 3.63. The molecule has 1 saturated heterocycles. The van der Waals surface area contributed by atoms with Crippen molar-refractivity contribution in [1.82, 2.24) is 10.2 Å². The van der Waals surface area contributed by atoms with E-state index in [0.717, 1.165) is 17.7 Å². The largest absolute Gasteiger partial charge is 0.349 e. The third-order valence-corrected chi connectivity index (χ3v) is 5.30. The Morgan fingerprint density at radius 3 is 2.36 bits per heavy atom. The molecule has 2 amide bonds. The summed E-state index contributed by atoms with van der Waals surface area (Å²) in [5.74, 6) is -2.36. The Morgan fingerprint density at radius 1 is 1.11 bits per heavy atom. The molecule has 0 aromatic heterocycles. The van der Waals surface area contributed by atoms with Gasteiger partial charge in [-0.25, -0.2) is 8.78 Å². The first-order chi connectivity index (χ1) is 13.3. The summed E-state index contributed by atoms with van der Waals surface area (Å²) in [6.45, 7) is 2.60. The second-order valence-electron chi connectivity index (χ2n) is 6.97. The molecule has 1 atom stereocenters. The molecule has 0 bridgehead atoms. The number of nitrogens with zero attached hydrogens (tertiary/aromatic N) is 1. The molecule has 3 rings (SSSR count). The third kappa shape index (κ3) is 4.68. The monoisotopic (exact) mass is 406 g/mol. The van der Waals surface area contributed by atoms with E-state index in [2.05, 4.69) is 5.32 Å². The molecule has 4 nitrogen and oxygen atoms in total. The first kappa shape index (κ1) is 20.3. The maximum Gasteiger partial charge on any atom is 0.256 e. The summed E-state index contributed by atoms with van der Waals surface area (Å²) in [5.41, 5.74) is 0.804. The predicted molar refractivity (Wildman–Crippen MR) is 103 cm³/mol. The Hall–Kier alpha value is -2.47. The number of benzene rings is 2. The highest BCUT2D eigenvalue weighted by molar-refractivity contribution is 6.30. The quantitative estimate of drug-likeness (QED) is 0.820. The second kappa shape index (κ2) is 8.69. The van der Waals surface area contributed by atoms with Crippen molar-refractivity contribution in [2.75, 3.05) is 13.1 Å². The Bertz CT molecular complexity index is 865. The molecule has 1 aliphatic rings. The minimum atomic E-state index is -0.873. The van der Waals surface area contributed by atoms with Gasteiger partial charge in [-0.15, -0.1) is 0 Å². The summed E-state index contributed by atoms with van der Waals surface area (Å²) in [4.78, 5) is 26.5. The van der Waals surface area contributed by atoms with Crippen molar-refractivity contribution in [1.29, 1.82) is 0 Å². The Morgan fingerprint density at radius 2 is 1.75 bits per heavy atom. The van der Waals surface area contributed by atoms with Crippen LogP contribution < -0.4 is 5.32 Å². The van der Waals surface area contributed by atoms with Crippen LogP contribution in [0.5, 0.6) is 0 Å². The summed E-state index contributed by atoms with van der Waals surface area (Å²) in [6, 6.07) is 10.0. The van der Waals surface area contributed by atoms with Crippen LogP contribution in [0.25, 0.3) is 0 Å². The van der Waals surface area contributed by atoms with Gasteiger partial charge >= 0.3 is 0 Å². The van der Waals surface area contributed by atoms with E-state index < -0.39 is 17.5 Å². The number of carbonyl (C=O) groups is 2. The van der Waals surface area contributed by atoms with Gasteiger partial charge in [0.25, 0.3) is 5.91 Å². The number of nitrogens with one attached hydrogen (secondary N) is 1. The number of rotatable bonds is 4. The summed E-state index contributed by atoms with van der Waals surface area (Å²) >= 11 is 5.88. The van der Waals surface area contributed by atoms with Crippen molar-refractivity contribution in [2.24, 2.45) is 5.92 Å². The molecule has 1 fully saturated rings. The average molecular weight is 407 g/mol. The van der Waals surface area contributed by atoms with Crippen molar-refractivity contribution < 1.29 is 18.4 Å². The van der Waals surface area contributed by atoms with Gasteiger partial charge in [-0.2, -0.15) is 0 Å². The van der Waals surface area contributed by atoms with Gasteiger partial charge in [0.15, 0.2) is 0 Å². The number of likely N-dealkylation sites (tertiary alicyclic amines) is 1. The predicted octanol–water partition coefficient (Wildman–Crippen LogP) is 4.35. The number of hydrogen-bond acceptors (Lipinski definition) is 2. The molecular weight excluding hydrogens is 386 g/mol. The Kier molecular flexibility index (Phi) is 6.29. The zero-order valence-corrected chi connectivity index (χ0v) is 16.2. The van der Waals surface area contributed by atoms with Crippen LogP contribution in [0.3, 0.4) is 0 Å². The van der Waals surface area contributed by atoms with Gasteiger partial charge in [0.05, 0.1) is 11.6 Å². The van der Waals surface area contributed by atoms with Gasteiger partial charge in [-0.05, 0) is 49.6 Å². The maximum absolute atomic E-state index is 13.8. The van der Waals surface area contributed by atoms with Gasteiger partial charge in [-0.1, -0.05) is 23.7 Å². The maximum atomic E-state index is 13.8. The van der Waals surface area contributed by atoms with Crippen LogP contribution in [0.2, 0.25) is 5.02 Å². The van der Waals surface area contributed by atoms with E-state index in [4.69, 9.17) is 11.6 Å². The fourth-order valence-corrected chi connectivity index (χ4v) is 3.47. The van der Waals surface area contributed by atoms with Crippen molar-refractivity contribution in [3.63, 3.8) is 0 Å². The lowest BCUT2D eigenvalue weighted by Gasteiger charge is -2.32. The first-order valence-corrected chi connectivity index (χ1v) is 9.53. The zero-order chi connectivity index (χ0) is 20.3. The molecule has 0 aliphatic carbocycles. The normalized spacial score (nSPS) is 15.9. The molecule has 2 aromatic rings. The standard InChI is InChI=1S/C21H21ClF2N2O2/c1-13(14-2-4-16(22)5-3-14)25-20(27)15-8-10-26(11-9-15)21(28)18-7-6-17(23)12-19(18)24/h2-7,12-13,15H,8-11H2,1H3,(H,25,27). The molecule has 28 heavy (non-hydrogen) atoms. The molecule has 0 radical (unpaired) electrons. The Labute approximate surface area is 167 Å². The van der Waals surface area contributed by atoms with Crippen LogP contribution in [0, 0.1) is 17.6 Å². The van der Waals surface area contributed by atoms with Crippen LogP contribution in [-0.2, 0) is 4.79 Å². The fraction of sp³-hybridized carbons (Fsp3) is 0.333. The molecule has 0 saturated carbocycles. The van der Waals surface area contributed by atoms with Gasteiger partial charge < -0.3 is 10.2 Å². The Balaban J connectivity index is 1.55. The average Bonchev–Trinajstić information content (AvgIpc) is 2.68. The van der Waals surface area contributed by atoms with Crippen LogP contribution in [-0.4, -0.2) is 29.8 Å². The molecule has 1 N–H and O–H groups in total. The molecule has 1 heterocycles. The smallest absolute Gasteiger partial charge is 0.256 e. The van der Waals surface area contributed by atoms with E-state index in [9.17, 15) is 18.4 Å². The lowest BCUT2D eigenvalue weighted by Crippen LogP contribution is -2.43. The van der Waals surface area contributed by atoms with Crippen molar-refractivity contribution in [3.8, 4) is 0 Å². The molecule has 2 aromatic carbocycles. The van der Waals surface area contributed by atoms with Crippen LogP contribution >= 0.6 is 11.6 Å². The second-order valence-corrected chi connectivity index (χ2v) is 7.41. The SMILES string of the molecule is CC(NC(=O)C1CCN(C(=O)c2ccc(F)cc2F)CC1)c1ccc(Cl)cc1. The van der Waals surface area contributed by atoms with Crippen molar-refractivity contribution in [2.45, 2.75) is 25.8 Å². The number of hydrogen-bond donors (Lipinski definition) is 1. The van der Waals surface area contributed by atoms with E-state index in [-0.39, 0.29) is 23.4 Å². The van der Waals surface area contributed by atoms with Gasteiger partial charge in [-0.3, -0.25) is 9.59 Å². The summed E-state index contributed by atoms with van der Waals surface area (Å²) < 4.78 is 26.9. The number of amides is 2. The highest BCUT2D eigenvalue weighted by Gasteiger charge is 2.29. The highest BCUT2D eigenvalue weighted by Crippen LogP contribution is 2.22. The van der Waals surface area contributed by atoms with Gasteiger partial charge in [0, 0.05) is 30.1 Å². The minimum absolute atomic E-state index is 0.0671. The van der Waals surface area contributed by atoms with E-state index in [1.165, 1.54) is 4.90 Å². The lowest BCUT2D eigenvalue weighted by atomic mass is 9.94. The third-order valence-electron chi connectivity index (χ3n) is 5.04. The number of halogens is 3. The van der Waals surface area contributed by atoms with Crippen LogP contribution in [0.4, 0.5) is 8.78 Å². The van der Waals surface area contributed by atoms with Crippen LogP contribution in [0.1, 0.15) is 41.7 Å². The molecule has 1 aliphatic heterocycles. The summed E-state index contributed by atoms with van der Waals surface area (Å²) in [6.07, 6.45) is 0.988. The number of piperidine rings is 1. The molecule has 7 heteroatoms. The topological polar surface area (TPSA) is 49.4 Å². The molecule has 1 unspecified atom stereocenters. The minimum Gasteiger partial charge on any atom is -0.349 e. The first-order valence-electron chi connectivity index (χ1n) is 9.15. The highest BCUT2D eigenvalue weighted by atomic mass is 35.5. The summed E-state index contributed by atoms with van der Waals surface area (Å²) in [7, 11) is 0. The molecule has 148 valence electrons. The molecule has 0 spiro atoms. The fourth-order valence-electron chi connectivity index (χ4n) is 3.34. The van der Waals surface area contributed by atoms with E-state index in [1.54, 1.807) is 12.1 Å². The zero-order valence-electron chi connectivity index (χ0n) is 15.4. The van der Waals surface area contributed by atoms with E-state index in [0.29, 0.717) is 37.0 Å². The van der Waals surface area contributed by atoms with Crippen molar-refractivity contribution in [3.05, 3.63) is 70.2 Å². The number of carbonyl (C=O) groups excluding carboxylic acids is 2.